The highest BCUT2D eigenvalue weighted by Gasteiger charge is 2.30. The molecule has 3 aliphatic rings. The van der Waals surface area contributed by atoms with Crippen LogP contribution in [-0.2, 0) is 34.5 Å². The Hall–Kier alpha value is -3.25. The largest absolute Gasteiger partial charge is 0.473 e. The lowest BCUT2D eigenvalue weighted by Crippen LogP contribution is -2.35. The Bertz CT molecular complexity index is 1770. The summed E-state index contributed by atoms with van der Waals surface area (Å²) >= 11 is 5.86. The fourth-order valence-electron chi connectivity index (χ4n) is 6.33. The monoisotopic (exact) mass is 639 g/mol. The van der Waals surface area contributed by atoms with E-state index in [4.69, 9.17) is 31.0 Å². The van der Waals surface area contributed by atoms with Crippen LogP contribution in [0.4, 0.5) is 10.1 Å². The van der Waals surface area contributed by atoms with Gasteiger partial charge in [0.2, 0.25) is 15.9 Å². The molecule has 7 rings (SSSR count). The van der Waals surface area contributed by atoms with Gasteiger partial charge in [0.1, 0.15) is 18.2 Å². The van der Waals surface area contributed by atoms with Crippen molar-refractivity contribution in [3.8, 4) is 5.88 Å². The average Bonchev–Trinajstić information content (AvgIpc) is 3.52. The SMILES string of the molecule is O=S1(=O)CCCN1c1ccc2c(c1)nc(CN1CCC(c3cccc(OCc4ccc(Cl)cc4F)n3)CC1)n2CC1CCO1. The van der Waals surface area contributed by atoms with Crippen LogP contribution in [0.25, 0.3) is 11.0 Å². The molecule has 2 aromatic heterocycles. The number of imidazole rings is 1. The van der Waals surface area contributed by atoms with Gasteiger partial charge in [-0.15, -0.1) is 0 Å². The second kappa shape index (κ2) is 12.3. The first-order valence-electron chi connectivity index (χ1n) is 15.2. The van der Waals surface area contributed by atoms with Gasteiger partial charge in [-0.2, -0.15) is 0 Å². The van der Waals surface area contributed by atoms with Crippen molar-refractivity contribution in [1.82, 2.24) is 19.4 Å². The highest BCUT2D eigenvalue weighted by atomic mass is 35.5. The summed E-state index contributed by atoms with van der Waals surface area (Å²) in [4.78, 5) is 12.2. The molecule has 232 valence electrons. The smallest absolute Gasteiger partial charge is 0.235 e. The van der Waals surface area contributed by atoms with Gasteiger partial charge in [-0.1, -0.05) is 23.7 Å². The molecule has 2 aromatic carbocycles. The molecular weight excluding hydrogens is 605 g/mol. The van der Waals surface area contributed by atoms with E-state index in [0.29, 0.717) is 47.6 Å². The van der Waals surface area contributed by atoms with Crippen LogP contribution >= 0.6 is 11.6 Å². The Morgan fingerprint density at radius 1 is 1.02 bits per heavy atom. The summed E-state index contributed by atoms with van der Waals surface area (Å²) < 4.78 is 54.6. The molecule has 0 aliphatic carbocycles. The number of sulfonamides is 1. The number of aromatic nitrogens is 3. The van der Waals surface area contributed by atoms with Crippen LogP contribution in [0.3, 0.4) is 0 Å². The Morgan fingerprint density at radius 2 is 1.86 bits per heavy atom. The van der Waals surface area contributed by atoms with Crippen LogP contribution in [0.2, 0.25) is 5.02 Å². The quantitative estimate of drug-likeness (QED) is 0.239. The number of likely N-dealkylation sites (tertiary alicyclic amines) is 1. The molecule has 3 fully saturated rings. The third-order valence-electron chi connectivity index (χ3n) is 8.88. The first-order valence-corrected chi connectivity index (χ1v) is 17.2. The van der Waals surface area contributed by atoms with Crippen molar-refractivity contribution in [1.29, 1.82) is 0 Å². The van der Waals surface area contributed by atoms with Gasteiger partial charge >= 0.3 is 0 Å². The van der Waals surface area contributed by atoms with E-state index in [9.17, 15) is 12.8 Å². The first-order chi connectivity index (χ1) is 21.3. The highest BCUT2D eigenvalue weighted by molar-refractivity contribution is 7.93. The lowest BCUT2D eigenvalue weighted by Gasteiger charge is -2.32. The Labute approximate surface area is 261 Å². The number of nitrogens with zero attached hydrogens (tertiary/aromatic N) is 5. The summed E-state index contributed by atoms with van der Waals surface area (Å²) in [5, 5.41) is 0.353. The van der Waals surface area contributed by atoms with Crippen molar-refractivity contribution in [3.05, 3.63) is 82.5 Å². The van der Waals surface area contributed by atoms with Crippen LogP contribution in [0.5, 0.6) is 5.88 Å². The molecule has 4 aromatic rings. The zero-order chi connectivity index (χ0) is 30.3. The maximum absolute atomic E-state index is 14.2. The molecule has 3 saturated heterocycles. The summed E-state index contributed by atoms with van der Waals surface area (Å²) in [7, 11) is -3.26. The van der Waals surface area contributed by atoms with E-state index in [1.807, 2.05) is 30.3 Å². The van der Waals surface area contributed by atoms with Crippen LogP contribution in [0, 0.1) is 5.82 Å². The number of piperidine rings is 1. The topological polar surface area (TPSA) is 89.8 Å². The fraction of sp³-hybridized carbons (Fsp3) is 0.438. The molecular formula is C32H35ClFN5O4S. The molecule has 12 heteroatoms. The molecule has 0 N–H and O–H groups in total. The molecule has 1 unspecified atom stereocenters. The van der Waals surface area contributed by atoms with Crippen LogP contribution < -0.4 is 9.04 Å². The number of pyridine rings is 1. The normalized spacial score (nSPS) is 20.7. The molecule has 1 atom stereocenters. The number of rotatable bonds is 9. The number of hydrogen-bond acceptors (Lipinski definition) is 7. The van der Waals surface area contributed by atoms with E-state index in [-0.39, 0.29) is 18.5 Å². The molecule has 5 heterocycles. The van der Waals surface area contributed by atoms with E-state index >= 15 is 0 Å². The minimum atomic E-state index is -3.26. The zero-order valence-electron chi connectivity index (χ0n) is 24.4. The molecule has 3 aliphatic heterocycles. The maximum atomic E-state index is 14.2. The van der Waals surface area contributed by atoms with Gasteiger partial charge in [-0.3, -0.25) is 9.21 Å². The number of benzene rings is 2. The summed E-state index contributed by atoms with van der Waals surface area (Å²) in [6.07, 6.45) is 3.74. The zero-order valence-corrected chi connectivity index (χ0v) is 25.9. The summed E-state index contributed by atoms with van der Waals surface area (Å²) in [6, 6.07) is 16.1. The third-order valence-corrected chi connectivity index (χ3v) is 11.0. The Kier molecular flexibility index (Phi) is 8.21. The second-order valence-electron chi connectivity index (χ2n) is 11.8. The molecule has 44 heavy (non-hydrogen) atoms. The van der Waals surface area contributed by atoms with E-state index in [2.05, 4.69) is 9.47 Å². The van der Waals surface area contributed by atoms with Gasteiger partial charge in [0.05, 0.1) is 41.7 Å². The summed E-state index contributed by atoms with van der Waals surface area (Å²) in [5.41, 5.74) is 3.92. The van der Waals surface area contributed by atoms with Crippen molar-refractivity contribution in [2.45, 2.75) is 57.4 Å². The number of ether oxygens (including phenoxy) is 2. The standard InChI is InChI=1S/C32H35ClFN5O4S/c33-24-6-5-23(27(34)17-24)21-43-32-4-1-3-28(36-32)22-9-13-37(14-10-22)20-31-35-29-18-25(39-12-2-16-44(39,40)41)7-8-30(29)38(31)19-26-11-15-42-26/h1,3-8,17-18,22,26H,2,9-16,19-21H2. The van der Waals surface area contributed by atoms with Crippen molar-refractivity contribution in [2.75, 3.05) is 36.3 Å². The highest BCUT2D eigenvalue weighted by Crippen LogP contribution is 2.32. The van der Waals surface area contributed by atoms with Gasteiger partial charge in [0.25, 0.3) is 0 Å². The third kappa shape index (κ3) is 6.15. The van der Waals surface area contributed by atoms with Crippen LogP contribution in [-0.4, -0.2) is 66.0 Å². The molecule has 0 saturated carbocycles. The second-order valence-corrected chi connectivity index (χ2v) is 14.3. The fourth-order valence-corrected chi connectivity index (χ4v) is 8.04. The molecule has 9 nitrogen and oxygen atoms in total. The van der Waals surface area contributed by atoms with Crippen molar-refractivity contribution < 1.29 is 22.3 Å². The van der Waals surface area contributed by atoms with Crippen LogP contribution in [0.1, 0.15) is 48.7 Å². The van der Waals surface area contributed by atoms with Gasteiger partial charge in [-0.25, -0.2) is 22.8 Å². The van der Waals surface area contributed by atoms with Crippen LogP contribution in [0.15, 0.2) is 54.6 Å². The number of hydrogen-bond donors (Lipinski definition) is 0. The first kappa shape index (κ1) is 29.5. The van der Waals surface area contributed by atoms with Gasteiger partial charge in [-0.05, 0) is 75.2 Å². The van der Waals surface area contributed by atoms with Gasteiger partial charge < -0.3 is 14.0 Å². The number of fused-ring (bicyclic) bond motifs is 1. The minimum absolute atomic E-state index is 0.0835. The van der Waals surface area contributed by atoms with Crippen molar-refractivity contribution in [3.63, 3.8) is 0 Å². The molecule has 0 bridgehead atoms. The van der Waals surface area contributed by atoms with Gasteiger partial charge in [0.15, 0.2) is 0 Å². The van der Waals surface area contributed by atoms with Crippen molar-refractivity contribution >= 4 is 38.3 Å². The van der Waals surface area contributed by atoms with E-state index in [0.717, 1.165) is 68.1 Å². The molecule has 0 amide bonds. The Balaban J connectivity index is 1.03. The summed E-state index contributed by atoms with van der Waals surface area (Å²) in [6.45, 7) is 4.61. The average molecular weight is 640 g/mol. The number of halogens is 2. The predicted octanol–water partition coefficient (Wildman–Crippen LogP) is 5.51. The predicted molar refractivity (Wildman–Crippen MR) is 167 cm³/mol. The number of anilines is 1. The maximum Gasteiger partial charge on any atom is 0.235 e. The van der Waals surface area contributed by atoms with Gasteiger partial charge in [0, 0.05) is 41.4 Å². The Morgan fingerprint density at radius 3 is 2.59 bits per heavy atom. The molecule has 0 spiro atoms. The lowest BCUT2D eigenvalue weighted by molar-refractivity contribution is -0.0592. The van der Waals surface area contributed by atoms with Crippen molar-refractivity contribution in [2.24, 2.45) is 0 Å². The summed E-state index contributed by atoms with van der Waals surface area (Å²) in [5.74, 6) is 1.55. The lowest BCUT2D eigenvalue weighted by atomic mass is 9.93. The van der Waals surface area contributed by atoms with E-state index < -0.39 is 15.8 Å². The van der Waals surface area contributed by atoms with E-state index in [1.165, 1.54) is 10.4 Å². The minimum Gasteiger partial charge on any atom is -0.473 e. The molecule has 0 radical (unpaired) electrons. The van der Waals surface area contributed by atoms with E-state index in [1.54, 1.807) is 18.2 Å².